The predicted molar refractivity (Wildman–Crippen MR) is 66.4 cm³/mol. The van der Waals surface area contributed by atoms with Crippen LogP contribution in [0.2, 0.25) is 0 Å². The molecule has 7 nitrogen and oxygen atoms in total. The van der Waals surface area contributed by atoms with E-state index in [1.54, 1.807) is 38.0 Å². The van der Waals surface area contributed by atoms with Crippen LogP contribution in [0.5, 0.6) is 0 Å². The summed E-state index contributed by atoms with van der Waals surface area (Å²) >= 11 is 0. The van der Waals surface area contributed by atoms with Crippen molar-refractivity contribution >= 4 is 11.8 Å². The Labute approximate surface area is 106 Å². The summed E-state index contributed by atoms with van der Waals surface area (Å²) in [6.45, 7) is 3.60. The van der Waals surface area contributed by atoms with Gasteiger partial charge in [-0.25, -0.2) is 5.84 Å². The number of hydrogen-bond acceptors (Lipinski definition) is 4. The molecule has 18 heavy (non-hydrogen) atoms. The van der Waals surface area contributed by atoms with E-state index >= 15 is 0 Å². The molecule has 0 aromatic carbocycles. The third-order valence-electron chi connectivity index (χ3n) is 2.93. The lowest BCUT2D eigenvalue weighted by atomic mass is 10.0. The van der Waals surface area contributed by atoms with Gasteiger partial charge in [0.15, 0.2) is 0 Å². The number of hydrazine groups is 1. The lowest BCUT2D eigenvalue weighted by Crippen LogP contribution is -2.38. The van der Waals surface area contributed by atoms with Crippen LogP contribution < -0.4 is 11.3 Å². The second-order valence-corrected chi connectivity index (χ2v) is 4.42. The van der Waals surface area contributed by atoms with E-state index in [1.807, 2.05) is 6.92 Å². The zero-order valence-electron chi connectivity index (χ0n) is 11.0. The summed E-state index contributed by atoms with van der Waals surface area (Å²) in [4.78, 5) is 24.6. The average molecular weight is 253 g/mol. The van der Waals surface area contributed by atoms with Crippen molar-refractivity contribution in [2.75, 3.05) is 14.1 Å². The Hall–Kier alpha value is -1.89. The van der Waals surface area contributed by atoms with Crippen molar-refractivity contribution in [1.29, 1.82) is 0 Å². The number of aromatic nitrogens is 2. The van der Waals surface area contributed by atoms with Crippen LogP contribution in [0.1, 0.15) is 30.4 Å². The molecule has 0 saturated carbocycles. The van der Waals surface area contributed by atoms with Crippen LogP contribution in [0.3, 0.4) is 0 Å². The van der Waals surface area contributed by atoms with E-state index in [2.05, 4.69) is 10.5 Å². The van der Waals surface area contributed by atoms with Crippen molar-refractivity contribution in [3.05, 3.63) is 18.0 Å². The number of nitrogens with one attached hydrogen (secondary N) is 1. The summed E-state index contributed by atoms with van der Waals surface area (Å²) in [6, 6.07) is 1.45. The molecule has 1 aromatic heterocycles. The van der Waals surface area contributed by atoms with Gasteiger partial charge in [-0.1, -0.05) is 6.92 Å². The fraction of sp³-hybridized carbons (Fsp3) is 0.545. The Kier molecular flexibility index (Phi) is 4.43. The summed E-state index contributed by atoms with van der Waals surface area (Å²) in [5.41, 5.74) is 2.46. The summed E-state index contributed by atoms with van der Waals surface area (Å²) in [7, 11) is 3.32. The molecule has 0 aliphatic rings. The molecule has 1 rings (SSSR count). The number of carbonyl (C=O) groups is 2. The van der Waals surface area contributed by atoms with E-state index in [9.17, 15) is 9.59 Å². The molecule has 0 aliphatic heterocycles. The van der Waals surface area contributed by atoms with Crippen LogP contribution in [0.4, 0.5) is 0 Å². The van der Waals surface area contributed by atoms with E-state index in [1.165, 1.54) is 4.90 Å². The maximum absolute atomic E-state index is 11.7. The smallest absolute Gasteiger partial charge is 0.273 e. The molecular formula is C11H19N5O2. The van der Waals surface area contributed by atoms with Crippen molar-refractivity contribution < 1.29 is 9.59 Å². The van der Waals surface area contributed by atoms with Gasteiger partial charge in [0.25, 0.3) is 5.91 Å². The Bertz CT molecular complexity index is 440. The van der Waals surface area contributed by atoms with Gasteiger partial charge < -0.3 is 4.90 Å². The van der Waals surface area contributed by atoms with Crippen LogP contribution in [0, 0.1) is 5.92 Å². The standard InChI is InChI=1S/C11H19N5O2/c1-7(10(17)13-12)8(2)16-6-5-9(14-16)11(18)15(3)4/h5-8H,12H2,1-4H3,(H,13,17). The first-order valence-corrected chi connectivity index (χ1v) is 5.65. The number of nitrogens with two attached hydrogens (primary N) is 1. The van der Waals surface area contributed by atoms with Crippen LogP contribution >= 0.6 is 0 Å². The fourth-order valence-electron chi connectivity index (χ4n) is 1.49. The Balaban J connectivity index is 2.86. The Morgan fingerprint density at radius 3 is 2.56 bits per heavy atom. The SMILES string of the molecule is CC(C(=O)NN)C(C)n1ccc(C(=O)N(C)C)n1. The molecule has 2 atom stereocenters. The quantitative estimate of drug-likeness (QED) is 0.440. The van der Waals surface area contributed by atoms with E-state index in [0.29, 0.717) is 5.69 Å². The lowest BCUT2D eigenvalue weighted by Gasteiger charge is -2.18. The highest BCUT2D eigenvalue weighted by Crippen LogP contribution is 2.17. The fourth-order valence-corrected chi connectivity index (χ4v) is 1.49. The zero-order chi connectivity index (χ0) is 13.9. The molecule has 0 radical (unpaired) electrons. The number of rotatable bonds is 4. The Morgan fingerprint density at radius 2 is 2.06 bits per heavy atom. The summed E-state index contributed by atoms with van der Waals surface area (Å²) in [6.07, 6.45) is 1.68. The molecular weight excluding hydrogens is 234 g/mol. The van der Waals surface area contributed by atoms with Crippen molar-refractivity contribution in [2.24, 2.45) is 11.8 Å². The third kappa shape index (κ3) is 2.86. The van der Waals surface area contributed by atoms with E-state index in [4.69, 9.17) is 5.84 Å². The first-order valence-electron chi connectivity index (χ1n) is 5.65. The molecule has 0 saturated heterocycles. The molecule has 3 N–H and O–H groups in total. The molecule has 1 heterocycles. The van der Waals surface area contributed by atoms with Gasteiger partial charge in [-0.15, -0.1) is 0 Å². The normalized spacial score (nSPS) is 13.8. The van der Waals surface area contributed by atoms with Gasteiger partial charge >= 0.3 is 0 Å². The minimum atomic E-state index is -0.336. The number of amides is 2. The van der Waals surface area contributed by atoms with Gasteiger partial charge in [-0.2, -0.15) is 5.10 Å². The van der Waals surface area contributed by atoms with Gasteiger partial charge in [0.05, 0.1) is 12.0 Å². The van der Waals surface area contributed by atoms with Gasteiger partial charge in [-0.3, -0.25) is 19.7 Å². The molecule has 2 amide bonds. The first-order chi connectivity index (χ1) is 8.38. The third-order valence-corrected chi connectivity index (χ3v) is 2.93. The molecule has 1 aromatic rings. The van der Waals surface area contributed by atoms with E-state index in [-0.39, 0.29) is 23.8 Å². The topological polar surface area (TPSA) is 93.2 Å². The van der Waals surface area contributed by atoms with E-state index < -0.39 is 0 Å². The molecule has 7 heteroatoms. The van der Waals surface area contributed by atoms with Crippen molar-refractivity contribution in [1.82, 2.24) is 20.1 Å². The average Bonchev–Trinajstić information content (AvgIpc) is 2.84. The summed E-state index contributed by atoms with van der Waals surface area (Å²) in [5, 5.41) is 4.17. The monoisotopic (exact) mass is 253 g/mol. The maximum atomic E-state index is 11.7. The second-order valence-electron chi connectivity index (χ2n) is 4.42. The molecule has 0 bridgehead atoms. The highest BCUT2D eigenvalue weighted by atomic mass is 16.2. The van der Waals surface area contributed by atoms with Gasteiger partial charge in [0.1, 0.15) is 5.69 Å². The zero-order valence-corrected chi connectivity index (χ0v) is 11.0. The summed E-state index contributed by atoms with van der Waals surface area (Å²) in [5.74, 6) is 4.32. The van der Waals surface area contributed by atoms with Gasteiger partial charge in [-0.05, 0) is 13.0 Å². The minimum Gasteiger partial charge on any atom is -0.343 e. The highest BCUT2D eigenvalue weighted by molar-refractivity contribution is 5.91. The van der Waals surface area contributed by atoms with Crippen molar-refractivity contribution in [3.63, 3.8) is 0 Å². The van der Waals surface area contributed by atoms with Gasteiger partial charge in [0, 0.05) is 20.3 Å². The van der Waals surface area contributed by atoms with Crippen LogP contribution in [-0.4, -0.2) is 40.6 Å². The van der Waals surface area contributed by atoms with Crippen LogP contribution in [-0.2, 0) is 4.79 Å². The van der Waals surface area contributed by atoms with E-state index in [0.717, 1.165) is 0 Å². The molecule has 2 unspecified atom stereocenters. The minimum absolute atomic E-state index is 0.170. The highest BCUT2D eigenvalue weighted by Gasteiger charge is 2.22. The second kappa shape index (κ2) is 5.63. The molecule has 0 fully saturated rings. The van der Waals surface area contributed by atoms with Gasteiger partial charge in [0.2, 0.25) is 5.91 Å². The van der Waals surface area contributed by atoms with Crippen molar-refractivity contribution in [2.45, 2.75) is 19.9 Å². The van der Waals surface area contributed by atoms with Crippen LogP contribution in [0.15, 0.2) is 12.3 Å². The summed E-state index contributed by atoms with van der Waals surface area (Å²) < 4.78 is 1.59. The number of nitrogens with zero attached hydrogens (tertiary/aromatic N) is 3. The largest absolute Gasteiger partial charge is 0.343 e. The molecule has 100 valence electrons. The van der Waals surface area contributed by atoms with Crippen molar-refractivity contribution in [3.8, 4) is 0 Å². The maximum Gasteiger partial charge on any atom is 0.273 e. The lowest BCUT2D eigenvalue weighted by molar-refractivity contribution is -0.125. The Morgan fingerprint density at radius 1 is 1.44 bits per heavy atom. The van der Waals surface area contributed by atoms with Crippen LogP contribution in [0.25, 0.3) is 0 Å². The first kappa shape index (κ1) is 14.2. The predicted octanol–water partition coefficient (Wildman–Crippen LogP) is -0.228. The molecule has 0 aliphatic carbocycles. The number of hydrogen-bond donors (Lipinski definition) is 2. The molecule has 0 spiro atoms. The number of carbonyl (C=O) groups excluding carboxylic acids is 2.